The van der Waals surface area contributed by atoms with Gasteiger partial charge in [0.25, 0.3) is 5.91 Å². The molecule has 1 rings (SSSR count). The molecule has 4 N–H and O–H groups in total. The van der Waals surface area contributed by atoms with E-state index in [0.29, 0.717) is 17.9 Å². The molecule has 0 atom stereocenters. The molecule has 0 saturated carbocycles. The van der Waals surface area contributed by atoms with Gasteiger partial charge in [0.1, 0.15) is 5.75 Å². The van der Waals surface area contributed by atoms with Gasteiger partial charge in [0.05, 0.1) is 0 Å². The highest BCUT2D eigenvalue weighted by atomic mass is 16.5. The molecule has 0 bridgehead atoms. The van der Waals surface area contributed by atoms with Gasteiger partial charge in [-0.1, -0.05) is 0 Å². The van der Waals surface area contributed by atoms with Gasteiger partial charge in [-0.05, 0) is 44.5 Å². The van der Waals surface area contributed by atoms with Crippen molar-refractivity contribution in [3.63, 3.8) is 0 Å². The first kappa shape index (κ1) is 19.3. The average molecular weight is 337 g/mol. The van der Waals surface area contributed by atoms with E-state index in [0.717, 1.165) is 0 Å². The molecule has 0 unspecified atom stereocenters. The van der Waals surface area contributed by atoms with Crippen LogP contribution in [0, 0.1) is 0 Å². The molecule has 0 aliphatic carbocycles. The molecule has 3 amide bonds. The van der Waals surface area contributed by atoms with Gasteiger partial charge in [0.15, 0.2) is 6.61 Å². The summed E-state index contributed by atoms with van der Waals surface area (Å²) in [7, 11) is 1.52. The number of nitrogens with one attached hydrogen (secondary N) is 3. The van der Waals surface area contributed by atoms with Gasteiger partial charge in [-0.2, -0.15) is 0 Å². The normalized spacial score (nSPS) is 10.6. The van der Waals surface area contributed by atoms with Crippen LogP contribution < -0.4 is 20.7 Å². The third-order valence-electron chi connectivity index (χ3n) is 3.18. The number of urea groups is 1. The monoisotopic (exact) mass is 337 g/mol. The summed E-state index contributed by atoms with van der Waals surface area (Å²) in [6, 6.07) is 6.12. The summed E-state index contributed by atoms with van der Waals surface area (Å²) in [4.78, 5) is 33.6. The first-order valence-corrected chi connectivity index (χ1v) is 7.46. The number of hydrogen-bond acceptors (Lipinski definition) is 4. The maximum atomic E-state index is 12.0. The molecule has 1 aromatic rings. The number of likely N-dealkylation sites (N-methyl/N-ethyl adjacent to an activating group) is 1. The Hall–Kier alpha value is -2.77. The largest absolute Gasteiger partial charge is 0.484 e. The Morgan fingerprint density at radius 1 is 1.17 bits per heavy atom. The van der Waals surface area contributed by atoms with Gasteiger partial charge in [-0.15, -0.1) is 0 Å². The Morgan fingerprint density at radius 3 is 2.33 bits per heavy atom. The van der Waals surface area contributed by atoms with Crippen molar-refractivity contribution < 1.29 is 24.2 Å². The minimum absolute atomic E-state index is 0.0232. The number of rotatable bonds is 8. The van der Waals surface area contributed by atoms with E-state index < -0.39 is 17.5 Å². The van der Waals surface area contributed by atoms with Gasteiger partial charge in [0.2, 0.25) is 0 Å². The number of aliphatic carboxylic acids is 1. The highest BCUT2D eigenvalue weighted by molar-refractivity contribution is 5.89. The highest BCUT2D eigenvalue weighted by Crippen LogP contribution is 2.16. The van der Waals surface area contributed by atoms with Crippen molar-refractivity contribution in [1.29, 1.82) is 0 Å². The van der Waals surface area contributed by atoms with Crippen LogP contribution >= 0.6 is 0 Å². The zero-order valence-corrected chi connectivity index (χ0v) is 14.0. The highest BCUT2D eigenvalue weighted by Gasteiger charge is 2.21. The quantitative estimate of drug-likeness (QED) is 0.574. The number of carboxylic acid groups (broad SMARTS) is 1. The summed E-state index contributed by atoms with van der Waals surface area (Å²) in [6.07, 6.45) is 0.298. The fourth-order valence-electron chi connectivity index (χ4n) is 1.81. The number of carbonyl (C=O) groups is 3. The predicted molar refractivity (Wildman–Crippen MR) is 89.1 cm³/mol. The lowest BCUT2D eigenvalue weighted by Crippen LogP contribution is -2.45. The molecule has 0 aliphatic heterocycles. The number of carboxylic acids is 1. The second kappa shape index (κ2) is 8.76. The van der Waals surface area contributed by atoms with E-state index >= 15 is 0 Å². The Labute approximate surface area is 140 Å². The van der Waals surface area contributed by atoms with Crippen molar-refractivity contribution in [3.05, 3.63) is 24.3 Å². The number of benzene rings is 1. The summed E-state index contributed by atoms with van der Waals surface area (Å²) < 4.78 is 5.26. The maximum Gasteiger partial charge on any atom is 0.319 e. The number of anilines is 1. The molecular weight excluding hydrogens is 314 g/mol. The number of hydrogen-bond donors (Lipinski definition) is 4. The maximum absolute atomic E-state index is 12.0. The van der Waals surface area contributed by atoms with E-state index in [2.05, 4.69) is 16.0 Å². The standard InChI is InChI=1S/C16H23N3O5/c1-16(2,9-8-14(21)22)19-15(23)18-11-4-6-12(7-5-11)24-10-13(20)17-3/h4-7H,8-10H2,1-3H3,(H,17,20)(H,21,22)(H2,18,19,23). The van der Waals surface area contributed by atoms with E-state index in [1.54, 1.807) is 38.1 Å². The molecule has 0 radical (unpaired) electrons. The van der Waals surface area contributed by atoms with Gasteiger partial charge >= 0.3 is 12.0 Å². The Balaban J connectivity index is 2.49. The van der Waals surface area contributed by atoms with Crippen LogP contribution in [0.2, 0.25) is 0 Å². The van der Waals surface area contributed by atoms with E-state index in [4.69, 9.17) is 9.84 Å². The molecule has 0 fully saturated rings. The zero-order valence-electron chi connectivity index (χ0n) is 14.0. The van der Waals surface area contributed by atoms with Gasteiger partial charge in [-0.25, -0.2) is 4.79 Å². The van der Waals surface area contributed by atoms with Crippen LogP contribution in [0.5, 0.6) is 5.75 Å². The minimum Gasteiger partial charge on any atom is -0.484 e. The summed E-state index contributed by atoms with van der Waals surface area (Å²) in [5.41, 5.74) is -0.0900. The Morgan fingerprint density at radius 2 is 1.79 bits per heavy atom. The van der Waals surface area contributed by atoms with E-state index in [-0.39, 0.29) is 18.9 Å². The smallest absolute Gasteiger partial charge is 0.319 e. The van der Waals surface area contributed by atoms with Crippen molar-refractivity contribution in [2.45, 2.75) is 32.2 Å². The summed E-state index contributed by atoms with van der Waals surface area (Å²) >= 11 is 0. The van der Waals surface area contributed by atoms with Crippen molar-refractivity contribution in [2.75, 3.05) is 19.0 Å². The van der Waals surface area contributed by atoms with E-state index in [1.807, 2.05) is 0 Å². The lowest BCUT2D eigenvalue weighted by molar-refractivity contribution is -0.137. The van der Waals surface area contributed by atoms with Crippen molar-refractivity contribution in [1.82, 2.24) is 10.6 Å². The second-order valence-corrected chi connectivity index (χ2v) is 5.84. The Bertz CT molecular complexity index is 584. The molecule has 0 heterocycles. The van der Waals surface area contributed by atoms with Crippen LogP contribution in [-0.4, -0.2) is 42.2 Å². The summed E-state index contributed by atoms with van der Waals surface area (Å²) in [6.45, 7) is 3.43. The third kappa shape index (κ3) is 7.48. The molecule has 0 aliphatic rings. The van der Waals surface area contributed by atoms with Crippen LogP contribution in [0.3, 0.4) is 0 Å². The van der Waals surface area contributed by atoms with E-state index in [1.165, 1.54) is 7.05 Å². The SMILES string of the molecule is CNC(=O)COc1ccc(NC(=O)NC(C)(C)CCC(=O)O)cc1. The molecular formula is C16H23N3O5. The van der Waals surface area contributed by atoms with Crippen LogP contribution in [0.4, 0.5) is 10.5 Å². The number of ether oxygens (including phenoxy) is 1. The lowest BCUT2D eigenvalue weighted by Gasteiger charge is -2.25. The number of carbonyl (C=O) groups excluding carboxylic acids is 2. The van der Waals surface area contributed by atoms with Gasteiger partial charge < -0.3 is 25.8 Å². The topological polar surface area (TPSA) is 117 Å². The average Bonchev–Trinajstić information content (AvgIpc) is 2.51. The lowest BCUT2D eigenvalue weighted by atomic mass is 9.99. The minimum atomic E-state index is -0.905. The summed E-state index contributed by atoms with van der Waals surface area (Å²) in [5.74, 6) is -0.635. The first-order chi connectivity index (χ1) is 11.2. The molecule has 0 saturated heterocycles. The fraction of sp³-hybridized carbons (Fsp3) is 0.438. The summed E-state index contributed by atoms with van der Waals surface area (Å²) in [5, 5.41) is 16.5. The van der Waals surface area contributed by atoms with Crippen LogP contribution in [-0.2, 0) is 9.59 Å². The Kier molecular flexibility index (Phi) is 7.03. The first-order valence-electron chi connectivity index (χ1n) is 7.46. The van der Waals surface area contributed by atoms with Crippen LogP contribution in [0.15, 0.2) is 24.3 Å². The second-order valence-electron chi connectivity index (χ2n) is 5.84. The molecule has 0 spiro atoms. The number of amides is 3. The van der Waals surface area contributed by atoms with Crippen molar-refractivity contribution in [2.24, 2.45) is 0 Å². The van der Waals surface area contributed by atoms with Crippen LogP contribution in [0.1, 0.15) is 26.7 Å². The van der Waals surface area contributed by atoms with Crippen molar-refractivity contribution in [3.8, 4) is 5.75 Å². The predicted octanol–water partition coefficient (Wildman–Crippen LogP) is 1.58. The van der Waals surface area contributed by atoms with Crippen LogP contribution in [0.25, 0.3) is 0 Å². The third-order valence-corrected chi connectivity index (χ3v) is 3.18. The van der Waals surface area contributed by atoms with E-state index in [9.17, 15) is 14.4 Å². The van der Waals surface area contributed by atoms with Crippen molar-refractivity contribution >= 4 is 23.6 Å². The van der Waals surface area contributed by atoms with Gasteiger partial charge in [-0.3, -0.25) is 9.59 Å². The zero-order chi connectivity index (χ0) is 18.2. The molecule has 8 nitrogen and oxygen atoms in total. The fourth-order valence-corrected chi connectivity index (χ4v) is 1.81. The molecule has 24 heavy (non-hydrogen) atoms. The molecule has 8 heteroatoms. The molecule has 1 aromatic carbocycles. The molecule has 0 aromatic heterocycles. The molecule has 132 valence electrons. The van der Waals surface area contributed by atoms with Gasteiger partial charge in [0, 0.05) is 24.7 Å².